The summed E-state index contributed by atoms with van der Waals surface area (Å²) in [6, 6.07) is 0. The molecular weight excluding hydrogens is 294 g/mol. The molecule has 0 aliphatic carbocycles. The van der Waals surface area contributed by atoms with Crippen molar-refractivity contribution in [3.63, 3.8) is 0 Å². The maximum Gasteiger partial charge on any atom is 0.350 e. The van der Waals surface area contributed by atoms with Gasteiger partial charge in [-0.15, -0.1) is 11.3 Å². The van der Waals surface area contributed by atoms with Crippen LogP contribution in [0.2, 0.25) is 0 Å². The second-order valence-corrected chi connectivity index (χ2v) is 6.36. The lowest BCUT2D eigenvalue weighted by Crippen LogP contribution is -2.42. The Morgan fingerprint density at radius 2 is 1.95 bits per heavy atom. The number of carbonyl (C=O) groups is 2. The van der Waals surface area contributed by atoms with Crippen molar-refractivity contribution >= 4 is 33.9 Å². The van der Waals surface area contributed by atoms with Gasteiger partial charge in [-0.2, -0.15) is 0 Å². The molecule has 0 atom stereocenters. The number of nitrogen functional groups attached to an aromatic ring is 1. The highest BCUT2D eigenvalue weighted by atomic mass is 32.1. The van der Waals surface area contributed by atoms with Gasteiger partial charge in [-0.1, -0.05) is 0 Å². The van der Waals surface area contributed by atoms with E-state index in [9.17, 15) is 14.7 Å². The fraction of sp³-hybridized carbons (Fsp3) is 0.538. The molecule has 1 fully saturated rings. The molecule has 116 valence electrons. The highest BCUT2D eigenvalue weighted by Gasteiger charge is 2.32. The lowest BCUT2D eigenvalue weighted by atomic mass is 9.94. The third-order valence-electron chi connectivity index (χ3n) is 3.67. The van der Waals surface area contributed by atoms with E-state index in [0.717, 1.165) is 11.3 Å². The molecule has 0 spiro atoms. The van der Waals surface area contributed by atoms with Crippen LogP contribution in [0.5, 0.6) is 0 Å². The Kier molecular flexibility index (Phi) is 4.11. The molecule has 2 rings (SSSR count). The van der Waals surface area contributed by atoms with Gasteiger partial charge in [0.2, 0.25) is 0 Å². The Morgan fingerprint density at radius 3 is 2.43 bits per heavy atom. The molecule has 1 amide bonds. The predicted molar refractivity (Wildman–Crippen MR) is 80.7 cm³/mol. The van der Waals surface area contributed by atoms with Crippen molar-refractivity contribution in [2.75, 3.05) is 30.8 Å². The van der Waals surface area contributed by atoms with Gasteiger partial charge in [0.1, 0.15) is 9.88 Å². The molecule has 1 saturated heterocycles. The quantitative estimate of drug-likeness (QED) is 0.702. The van der Waals surface area contributed by atoms with E-state index in [2.05, 4.69) is 4.74 Å². The Bertz CT molecular complexity index is 572. The minimum atomic E-state index is -0.711. The molecule has 1 aromatic rings. The van der Waals surface area contributed by atoms with Crippen molar-refractivity contribution in [2.45, 2.75) is 25.4 Å². The van der Waals surface area contributed by atoms with E-state index in [0.29, 0.717) is 30.9 Å². The SMILES string of the molecule is COC(=O)c1sc(N2CCC(C)(O)CC2)c(C(N)=O)c1N. The predicted octanol–water partition coefficient (Wildman–Crippen LogP) is 0.567. The molecule has 1 aliphatic heterocycles. The largest absolute Gasteiger partial charge is 0.465 e. The number of nitrogens with two attached hydrogens (primary N) is 2. The third-order valence-corrected chi connectivity index (χ3v) is 4.92. The van der Waals surface area contributed by atoms with Crippen LogP contribution in [0.25, 0.3) is 0 Å². The number of rotatable bonds is 3. The Hall–Kier alpha value is -1.80. The zero-order chi connectivity index (χ0) is 15.8. The molecule has 8 heteroatoms. The minimum absolute atomic E-state index is 0.0617. The van der Waals surface area contributed by atoms with Gasteiger partial charge in [0, 0.05) is 13.1 Å². The van der Waals surface area contributed by atoms with Gasteiger partial charge in [0.25, 0.3) is 5.91 Å². The summed E-state index contributed by atoms with van der Waals surface area (Å²) in [5, 5.41) is 10.6. The summed E-state index contributed by atoms with van der Waals surface area (Å²) in [6.45, 7) is 2.91. The van der Waals surface area contributed by atoms with Crippen molar-refractivity contribution in [1.29, 1.82) is 0 Å². The van der Waals surface area contributed by atoms with Gasteiger partial charge in [-0.05, 0) is 19.8 Å². The molecule has 1 aliphatic rings. The first kappa shape index (κ1) is 15.6. The van der Waals surface area contributed by atoms with Crippen LogP contribution < -0.4 is 16.4 Å². The van der Waals surface area contributed by atoms with E-state index < -0.39 is 17.5 Å². The first-order chi connectivity index (χ1) is 9.76. The summed E-state index contributed by atoms with van der Waals surface area (Å²) in [7, 11) is 1.25. The van der Waals surface area contributed by atoms with Gasteiger partial charge >= 0.3 is 5.97 Å². The van der Waals surface area contributed by atoms with Gasteiger partial charge in [-0.3, -0.25) is 4.79 Å². The van der Waals surface area contributed by atoms with Crippen molar-refractivity contribution in [1.82, 2.24) is 0 Å². The summed E-state index contributed by atoms with van der Waals surface area (Å²) >= 11 is 1.10. The zero-order valence-electron chi connectivity index (χ0n) is 12.0. The summed E-state index contributed by atoms with van der Waals surface area (Å²) < 4.78 is 4.67. The molecule has 0 aromatic carbocycles. The fourth-order valence-corrected chi connectivity index (χ4v) is 3.52. The van der Waals surface area contributed by atoms with E-state index in [4.69, 9.17) is 11.5 Å². The number of ether oxygens (including phenoxy) is 1. The van der Waals surface area contributed by atoms with Crippen LogP contribution >= 0.6 is 11.3 Å². The standard InChI is InChI=1S/C13H19N3O4S/c1-13(19)3-5-16(6-4-13)11-7(10(15)17)8(14)9(21-11)12(18)20-2/h19H,3-6,14H2,1-2H3,(H2,15,17). The van der Waals surface area contributed by atoms with Crippen LogP contribution in [0, 0.1) is 0 Å². The number of primary amides is 1. The van der Waals surface area contributed by atoms with Crippen molar-refractivity contribution in [3.8, 4) is 0 Å². The summed E-state index contributed by atoms with van der Waals surface area (Å²) in [4.78, 5) is 25.5. The van der Waals surface area contributed by atoms with Gasteiger partial charge in [0.15, 0.2) is 0 Å². The summed E-state index contributed by atoms with van der Waals surface area (Å²) in [5.41, 5.74) is 10.8. The van der Waals surface area contributed by atoms with Crippen molar-refractivity contribution in [3.05, 3.63) is 10.4 Å². The van der Waals surface area contributed by atoms with Crippen LogP contribution in [-0.4, -0.2) is 42.8 Å². The molecule has 5 N–H and O–H groups in total. The van der Waals surface area contributed by atoms with Crippen LogP contribution in [-0.2, 0) is 4.74 Å². The van der Waals surface area contributed by atoms with Crippen molar-refractivity contribution < 1.29 is 19.4 Å². The number of anilines is 2. The smallest absolute Gasteiger partial charge is 0.350 e. The van der Waals surface area contributed by atoms with Crippen LogP contribution in [0.1, 0.15) is 39.8 Å². The third kappa shape index (κ3) is 2.96. The molecule has 0 radical (unpaired) electrons. The lowest BCUT2D eigenvalue weighted by Gasteiger charge is -2.36. The average molecular weight is 313 g/mol. The lowest BCUT2D eigenvalue weighted by molar-refractivity contribution is 0.0352. The average Bonchev–Trinajstić information content (AvgIpc) is 2.75. The van der Waals surface area contributed by atoms with Crippen LogP contribution in [0.15, 0.2) is 0 Å². The zero-order valence-corrected chi connectivity index (χ0v) is 12.8. The maximum atomic E-state index is 11.7. The molecule has 0 unspecified atom stereocenters. The monoisotopic (exact) mass is 313 g/mol. The number of thiophene rings is 1. The highest BCUT2D eigenvalue weighted by molar-refractivity contribution is 7.19. The molecular formula is C13H19N3O4S. The minimum Gasteiger partial charge on any atom is -0.465 e. The van der Waals surface area contributed by atoms with E-state index >= 15 is 0 Å². The summed E-state index contributed by atoms with van der Waals surface area (Å²) in [6.07, 6.45) is 1.13. The maximum absolute atomic E-state index is 11.7. The summed E-state index contributed by atoms with van der Waals surface area (Å²) in [5.74, 6) is -1.26. The number of esters is 1. The topological polar surface area (TPSA) is 119 Å². The fourth-order valence-electron chi connectivity index (χ4n) is 2.33. The van der Waals surface area contributed by atoms with E-state index in [-0.39, 0.29) is 16.1 Å². The van der Waals surface area contributed by atoms with E-state index in [1.165, 1.54) is 7.11 Å². The Labute approximate surface area is 126 Å². The van der Waals surface area contributed by atoms with Crippen molar-refractivity contribution in [2.24, 2.45) is 5.73 Å². The van der Waals surface area contributed by atoms with Crippen LogP contribution in [0.4, 0.5) is 10.7 Å². The van der Waals surface area contributed by atoms with Crippen LogP contribution in [0.3, 0.4) is 0 Å². The number of nitrogens with zero attached hydrogens (tertiary/aromatic N) is 1. The highest BCUT2D eigenvalue weighted by Crippen LogP contribution is 2.40. The molecule has 7 nitrogen and oxygen atoms in total. The molecule has 1 aromatic heterocycles. The second-order valence-electron chi connectivity index (χ2n) is 5.36. The first-order valence-corrected chi connectivity index (χ1v) is 7.36. The number of hydrogen-bond donors (Lipinski definition) is 3. The first-order valence-electron chi connectivity index (χ1n) is 6.54. The number of carbonyl (C=O) groups excluding carboxylic acids is 2. The number of hydrogen-bond acceptors (Lipinski definition) is 7. The number of amides is 1. The van der Waals surface area contributed by atoms with Gasteiger partial charge < -0.3 is 26.2 Å². The van der Waals surface area contributed by atoms with Gasteiger partial charge in [0.05, 0.1) is 24.0 Å². The normalized spacial score (nSPS) is 17.6. The number of methoxy groups -OCH3 is 1. The van der Waals surface area contributed by atoms with E-state index in [1.807, 2.05) is 4.90 Å². The molecule has 21 heavy (non-hydrogen) atoms. The van der Waals surface area contributed by atoms with Gasteiger partial charge in [-0.25, -0.2) is 4.79 Å². The van der Waals surface area contributed by atoms with E-state index in [1.54, 1.807) is 6.92 Å². The molecule has 2 heterocycles. The Balaban J connectivity index is 2.39. The number of aliphatic hydroxyl groups is 1. The number of piperidine rings is 1. The molecule has 0 saturated carbocycles. The molecule has 0 bridgehead atoms. The second kappa shape index (κ2) is 5.53. The Morgan fingerprint density at radius 1 is 1.38 bits per heavy atom.